The molecule has 1 aromatic heterocycles. The second-order valence-electron chi connectivity index (χ2n) is 3.57. The topological polar surface area (TPSA) is 68.1 Å². The maximum atomic E-state index is 10.9. The minimum Gasteiger partial charge on any atom is -0.374 e. The molecule has 1 aromatic carbocycles. The fourth-order valence-electron chi connectivity index (χ4n) is 1.69. The molecule has 0 saturated carbocycles. The van der Waals surface area contributed by atoms with Crippen molar-refractivity contribution < 1.29 is 4.92 Å². The Morgan fingerprint density at radius 1 is 1.44 bits per heavy atom. The van der Waals surface area contributed by atoms with Gasteiger partial charge in [-0.25, -0.2) is 4.98 Å². The number of anilines is 1. The highest BCUT2D eigenvalue weighted by Gasteiger charge is 2.13. The smallest absolute Gasteiger partial charge is 0.295 e. The molecule has 0 saturated heterocycles. The van der Waals surface area contributed by atoms with Gasteiger partial charge in [0.15, 0.2) is 0 Å². The van der Waals surface area contributed by atoms with Crippen molar-refractivity contribution in [2.45, 2.75) is 6.92 Å². The van der Waals surface area contributed by atoms with Gasteiger partial charge in [-0.3, -0.25) is 10.1 Å². The molecule has 0 fully saturated rings. The van der Waals surface area contributed by atoms with Gasteiger partial charge in [0.2, 0.25) is 0 Å². The molecule has 0 spiro atoms. The van der Waals surface area contributed by atoms with Crippen molar-refractivity contribution in [1.82, 2.24) is 4.98 Å². The predicted molar refractivity (Wildman–Crippen MR) is 70.3 cm³/mol. The number of benzene rings is 1. The molecule has 0 aliphatic carbocycles. The Hall–Kier alpha value is -2.61. The maximum absolute atomic E-state index is 10.9. The van der Waals surface area contributed by atoms with Crippen LogP contribution in [0.2, 0.25) is 0 Å². The third kappa shape index (κ3) is 2.23. The number of nitro benzene ring substituents is 1. The molecular formula is C13H11N3O2. The Bertz CT molecular complexity index is 656. The standard InChI is InChI=1S/C13H11N3O2/c1-2-3-8-14-11-7-9-15-13-10(11)5-4-6-12(13)16(17)18/h4-7,9H,8H2,1H3,(H,14,15). The normalized spacial score (nSPS) is 9.61. The van der Waals surface area contributed by atoms with Crippen molar-refractivity contribution in [3.05, 3.63) is 40.6 Å². The molecule has 0 bridgehead atoms. The van der Waals surface area contributed by atoms with E-state index in [0.29, 0.717) is 12.1 Å². The van der Waals surface area contributed by atoms with E-state index in [-0.39, 0.29) is 5.69 Å². The van der Waals surface area contributed by atoms with Gasteiger partial charge >= 0.3 is 0 Å². The van der Waals surface area contributed by atoms with E-state index in [2.05, 4.69) is 22.1 Å². The first-order chi connectivity index (χ1) is 8.74. The van der Waals surface area contributed by atoms with Gasteiger partial charge < -0.3 is 5.32 Å². The summed E-state index contributed by atoms with van der Waals surface area (Å²) in [6, 6.07) is 6.68. The number of aromatic nitrogens is 1. The van der Waals surface area contributed by atoms with Gasteiger partial charge in [0.1, 0.15) is 5.52 Å². The molecule has 0 atom stereocenters. The fraction of sp³-hybridized carbons (Fsp3) is 0.154. The van der Waals surface area contributed by atoms with Crippen LogP contribution in [0, 0.1) is 22.0 Å². The van der Waals surface area contributed by atoms with Gasteiger partial charge in [-0.2, -0.15) is 0 Å². The second kappa shape index (κ2) is 5.15. The van der Waals surface area contributed by atoms with Crippen LogP contribution in [0.3, 0.4) is 0 Å². The minimum atomic E-state index is -0.426. The number of non-ortho nitro benzene ring substituents is 1. The highest BCUT2D eigenvalue weighted by Crippen LogP contribution is 2.28. The lowest BCUT2D eigenvalue weighted by atomic mass is 10.1. The SMILES string of the molecule is CC#CCNc1ccnc2c([N+](=O)[O-])cccc12. The number of fused-ring (bicyclic) bond motifs is 1. The zero-order valence-corrected chi connectivity index (χ0v) is 9.80. The van der Waals surface area contributed by atoms with Gasteiger partial charge in [0.25, 0.3) is 5.69 Å². The number of hydrogen-bond donors (Lipinski definition) is 1. The highest BCUT2D eigenvalue weighted by atomic mass is 16.6. The van der Waals surface area contributed by atoms with Crippen LogP contribution in [-0.2, 0) is 0 Å². The van der Waals surface area contributed by atoms with Gasteiger partial charge in [-0.1, -0.05) is 18.1 Å². The minimum absolute atomic E-state index is 0.0118. The molecule has 5 heteroatoms. The van der Waals surface area contributed by atoms with Crippen LogP contribution in [0.4, 0.5) is 11.4 Å². The maximum Gasteiger partial charge on any atom is 0.295 e. The first kappa shape index (κ1) is 11.9. The summed E-state index contributed by atoms with van der Waals surface area (Å²) in [5, 5.41) is 14.8. The monoisotopic (exact) mass is 241 g/mol. The number of pyridine rings is 1. The molecule has 2 aromatic rings. The van der Waals surface area contributed by atoms with Crippen molar-refractivity contribution in [3.8, 4) is 11.8 Å². The van der Waals surface area contributed by atoms with Gasteiger partial charge in [0.05, 0.1) is 11.5 Å². The average Bonchev–Trinajstić information content (AvgIpc) is 2.38. The van der Waals surface area contributed by atoms with E-state index in [4.69, 9.17) is 0 Å². The molecule has 18 heavy (non-hydrogen) atoms. The van der Waals surface area contributed by atoms with E-state index in [1.165, 1.54) is 6.07 Å². The van der Waals surface area contributed by atoms with Gasteiger partial charge in [-0.05, 0) is 13.0 Å². The van der Waals surface area contributed by atoms with E-state index in [1.54, 1.807) is 31.3 Å². The lowest BCUT2D eigenvalue weighted by Gasteiger charge is -2.06. The van der Waals surface area contributed by atoms with Crippen LogP contribution in [0.5, 0.6) is 0 Å². The number of hydrogen-bond acceptors (Lipinski definition) is 4. The van der Waals surface area contributed by atoms with Crippen LogP contribution in [0.25, 0.3) is 10.9 Å². The lowest BCUT2D eigenvalue weighted by molar-refractivity contribution is -0.383. The molecule has 0 radical (unpaired) electrons. The molecule has 0 amide bonds. The van der Waals surface area contributed by atoms with E-state index in [0.717, 1.165) is 11.1 Å². The largest absolute Gasteiger partial charge is 0.374 e. The number of nitro groups is 1. The van der Waals surface area contributed by atoms with Crippen LogP contribution in [-0.4, -0.2) is 16.5 Å². The molecule has 5 nitrogen and oxygen atoms in total. The summed E-state index contributed by atoms with van der Waals surface area (Å²) in [5.74, 6) is 5.66. The molecule has 1 heterocycles. The Morgan fingerprint density at radius 2 is 2.28 bits per heavy atom. The number of nitrogens with one attached hydrogen (secondary N) is 1. The number of rotatable bonds is 3. The zero-order chi connectivity index (χ0) is 13.0. The van der Waals surface area contributed by atoms with E-state index < -0.39 is 4.92 Å². The van der Waals surface area contributed by atoms with Crippen LogP contribution in [0.1, 0.15) is 6.92 Å². The molecule has 0 aliphatic rings. The molecule has 1 N–H and O–H groups in total. The predicted octanol–water partition coefficient (Wildman–Crippen LogP) is 2.58. The summed E-state index contributed by atoms with van der Waals surface area (Å²) < 4.78 is 0. The first-order valence-electron chi connectivity index (χ1n) is 5.39. The Labute approximate surface area is 104 Å². The van der Waals surface area contributed by atoms with Gasteiger partial charge in [-0.15, -0.1) is 5.92 Å². The molecule has 90 valence electrons. The molecule has 0 unspecified atom stereocenters. The average molecular weight is 241 g/mol. The molecule has 0 aliphatic heterocycles. The third-order valence-electron chi connectivity index (χ3n) is 2.49. The Kier molecular flexibility index (Phi) is 3.39. The number of nitrogens with zero attached hydrogens (tertiary/aromatic N) is 2. The summed E-state index contributed by atoms with van der Waals surface area (Å²) in [4.78, 5) is 14.6. The fourth-order valence-corrected chi connectivity index (χ4v) is 1.69. The van der Waals surface area contributed by atoms with Crippen LogP contribution < -0.4 is 5.32 Å². The van der Waals surface area contributed by atoms with Crippen molar-refractivity contribution in [2.24, 2.45) is 0 Å². The number of para-hydroxylation sites is 1. The van der Waals surface area contributed by atoms with Crippen molar-refractivity contribution in [3.63, 3.8) is 0 Å². The Balaban J connectivity index is 2.52. The van der Waals surface area contributed by atoms with Crippen LogP contribution in [0.15, 0.2) is 30.5 Å². The van der Waals surface area contributed by atoms with E-state index >= 15 is 0 Å². The highest BCUT2D eigenvalue weighted by molar-refractivity contribution is 5.96. The van der Waals surface area contributed by atoms with Gasteiger partial charge in [0, 0.05) is 23.3 Å². The summed E-state index contributed by atoms with van der Waals surface area (Å²) >= 11 is 0. The summed E-state index contributed by atoms with van der Waals surface area (Å²) in [6.07, 6.45) is 1.55. The van der Waals surface area contributed by atoms with Crippen LogP contribution >= 0.6 is 0 Å². The quantitative estimate of drug-likeness (QED) is 0.509. The second-order valence-corrected chi connectivity index (χ2v) is 3.57. The first-order valence-corrected chi connectivity index (χ1v) is 5.39. The zero-order valence-electron chi connectivity index (χ0n) is 9.80. The third-order valence-corrected chi connectivity index (χ3v) is 2.49. The van der Waals surface area contributed by atoms with E-state index in [1.807, 2.05) is 0 Å². The lowest BCUT2D eigenvalue weighted by Crippen LogP contribution is -2.00. The van der Waals surface area contributed by atoms with Crippen molar-refractivity contribution >= 4 is 22.3 Å². The van der Waals surface area contributed by atoms with E-state index in [9.17, 15) is 10.1 Å². The van der Waals surface area contributed by atoms with Crippen molar-refractivity contribution in [1.29, 1.82) is 0 Å². The Morgan fingerprint density at radius 3 is 3.00 bits per heavy atom. The molecular weight excluding hydrogens is 230 g/mol. The van der Waals surface area contributed by atoms with Crippen molar-refractivity contribution in [2.75, 3.05) is 11.9 Å². The molecule has 2 rings (SSSR count). The summed E-state index contributed by atoms with van der Waals surface area (Å²) in [5.41, 5.74) is 1.20. The summed E-state index contributed by atoms with van der Waals surface area (Å²) in [6.45, 7) is 2.26. The summed E-state index contributed by atoms with van der Waals surface area (Å²) in [7, 11) is 0.